The maximum atomic E-state index is 13.5. The summed E-state index contributed by atoms with van der Waals surface area (Å²) in [6, 6.07) is 18.1. The largest absolute Gasteiger partial charge is 0.487 e. The van der Waals surface area contributed by atoms with Crippen molar-refractivity contribution in [2.24, 2.45) is 0 Å². The Balaban J connectivity index is 1.84. The Morgan fingerprint density at radius 2 is 1.64 bits per heavy atom. The zero-order valence-electron chi connectivity index (χ0n) is 14.4. The second kappa shape index (κ2) is 9.47. The fraction of sp³-hybridized carbons (Fsp3) is 0.0455. The zero-order chi connectivity index (χ0) is 20.1. The first-order valence-electron chi connectivity index (χ1n) is 8.20. The predicted molar refractivity (Wildman–Crippen MR) is 122 cm³/mol. The first kappa shape index (κ1) is 20.7. The van der Waals surface area contributed by atoms with Crippen LogP contribution in [0.5, 0.6) is 5.75 Å². The molecule has 3 aromatic rings. The summed E-state index contributed by atoms with van der Waals surface area (Å²) in [4.78, 5) is 0. The van der Waals surface area contributed by atoms with Crippen LogP contribution in [0.4, 0.5) is 8.78 Å². The first-order chi connectivity index (χ1) is 13.5. The molecule has 0 saturated carbocycles. The molecule has 0 spiro atoms. The lowest BCUT2D eigenvalue weighted by atomic mass is 10.0. The van der Waals surface area contributed by atoms with Gasteiger partial charge in [-0.3, -0.25) is 0 Å². The molecule has 0 aliphatic rings. The SMILES string of the molecule is N#C/C(=C/c1cc(I)c(OCc2ccc(F)cc2)c(I)c1)c1cccc(F)c1. The fourth-order valence-electron chi connectivity index (χ4n) is 2.54. The standard InChI is InChI=1S/C22H13F2I2NO/c23-18-6-4-14(5-7-18)13-28-22-20(25)9-15(10-21(22)26)8-17(12-27)16-2-1-3-19(24)11-16/h1-11H,13H2/b17-8-. The average molecular weight is 599 g/mol. The number of halogens is 4. The van der Waals surface area contributed by atoms with Crippen molar-refractivity contribution in [1.82, 2.24) is 0 Å². The van der Waals surface area contributed by atoms with Gasteiger partial charge in [-0.2, -0.15) is 5.26 Å². The zero-order valence-corrected chi connectivity index (χ0v) is 18.7. The number of allylic oxidation sites excluding steroid dienone is 1. The molecule has 0 radical (unpaired) electrons. The Labute approximate surface area is 189 Å². The number of hydrogen-bond donors (Lipinski definition) is 0. The summed E-state index contributed by atoms with van der Waals surface area (Å²) in [6.45, 7) is 0.328. The minimum absolute atomic E-state index is 0.282. The molecule has 0 fully saturated rings. The van der Waals surface area contributed by atoms with E-state index in [0.29, 0.717) is 17.7 Å². The van der Waals surface area contributed by atoms with E-state index >= 15 is 0 Å². The third-order valence-corrected chi connectivity index (χ3v) is 5.49. The van der Waals surface area contributed by atoms with Crippen LogP contribution in [-0.2, 0) is 6.61 Å². The summed E-state index contributed by atoms with van der Waals surface area (Å²) < 4.78 is 34.1. The van der Waals surface area contributed by atoms with Gasteiger partial charge in [-0.25, -0.2) is 8.78 Å². The molecule has 0 saturated heterocycles. The molecule has 0 amide bonds. The van der Waals surface area contributed by atoms with Crippen LogP contribution in [0, 0.1) is 30.1 Å². The fourth-order valence-corrected chi connectivity index (χ4v) is 4.67. The van der Waals surface area contributed by atoms with Crippen molar-refractivity contribution < 1.29 is 13.5 Å². The molecule has 0 aliphatic heterocycles. The number of rotatable bonds is 5. The van der Waals surface area contributed by atoms with E-state index < -0.39 is 0 Å². The van der Waals surface area contributed by atoms with Gasteiger partial charge >= 0.3 is 0 Å². The normalized spacial score (nSPS) is 11.2. The summed E-state index contributed by atoms with van der Waals surface area (Å²) in [5, 5.41) is 9.46. The molecule has 3 aromatic carbocycles. The molecule has 28 heavy (non-hydrogen) atoms. The molecule has 140 valence electrons. The lowest BCUT2D eigenvalue weighted by Gasteiger charge is -2.12. The maximum absolute atomic E-state index is 13.5. The highest BCUT2D eigenvalue weighted by Crippen LogP contribution is 2.31. The lowest BCUT2D eigenvalue weighted by molar-refractivity contribution is 0.301. The lowest BCUT2D eigenvalue weighted by Crippen LogP contribution is -1.99. The molecule has 0 atom stereocenters. The second-order valence-electron chi connectivity index (χ2n) is 5.91. The van der Waals surface area contributed by atoms with Crippen molar-refractivity contribution in [2.75, 3.05) is 0 Å². The van der Waals surface area contributed by atoms with E-state index in [1.807, 2.05) is 12.1 Å². The Hall–Kier alpha value is -1.99. The van der Waals surface area contributed by atoms with E-state index in [1.54, 1.807) is 30.3 Å². The molecule has 0 bridgehead atoms. The number of nitrogens with zero attached hydrogens (tertiary/aromatic N) is 1. The van der Waals surface area contributed by atoms with Gasteiger partial charge in [-0.1, -0.05) is 24.3 Å². The third kappa shape index (κ3) is 5.29. The molecule has 2 nitrogen and oxygen atoms in total. The molecule has 0 aromatic heterocycles. The molecular formula is C22H13F2I2NO. The van der Waals surface area contributed by atoms with Gasteiger partial charge in [0.2, 0.25) is 0 Å². The highest BCUT2D eigenvalue weighted by molar-refractivity contribution is 14.1. The highest BCUT2D eigenvalue weighted by Gasteiger charge is 2.10. The molecule has 0 N–H and O–H groups in total. The summed E-state index contributed by atoms with van der Waals surface area (Å²) in [7, 11) is 0. The smallest absolute Gasteiger partial charge is 0.146 e. The van der Waals surface area contributed by atoms with Crippen LogP contribution >= 0.6 is 45.2 Å². The van der Waals surface area contributed by atoms with E-state index in [4.69, 9.17) is 4.74 Å². The van der Waals surface area contributed by atoms with Gasteiger partial charge in [0.1, 0.15) is 24.0 Å². The maximum Gasteiger partial charge on any atom is 0.146 e. The van der Waals surface area contributed by atoms with Gasteiger partial charge in [0.25, 0.3) is 0 Å². The molecule has 0 heterocycles. The number of nitriles is 1. The van der Waals surface area contributed by atoms with Crippen molar-refractivity contribution >= 4 is 56.8 Å². The van der Waals surface area contributed by atoms with Gasteiger partial charge in [-0.05, 0) is 104 Å². The second-order valence-corrected chi connectivity index (χ2v) is 8.23. The number of benzene rings is 3. The van der Waals surface area contributed by atoms with Crippen LogP contribution < -0.4 is 4.74 Å². The number of ether oxygens (including phenoxy) is 1. The van der Waals surface area contributed by atoms with Gasteiger partial charge in [0.15, 0.2) is 0 Å². The third-order valence-electron chi connectivity index (χ3n) is 3.88. The first-order valence-corrected chi connectivity index (χ1v) is 10.4. The van der Waals surface area contributed by atoms with Crippen LogP contribution in [0.1, 0.15) is 16.7 Å². The Kier molecular flexibility index (Phi) is 7.02. The molecule has 0 aliphatic carbocycles. The van der Waals surface area contributed by atoms with Crippen molar-refractivity contribution in [3.05, 3.63) is 96.1 Å². The van der Waals surface area contributed by atoms with E-state index in [-0.39, 0.29) is 11.6 Å². The van der Waals surface area contributed by atoms with Gasteiger partial charge < -0.3 is 4.74 Å². The highest BCUT2D eigenvalue weighted by atomic mass is 127. The molecule has 3 rings (SSSR count). The minimum Gasteiger partial charge on any atom is -0.487 e. The molecule has 0 unspecified atom stereocenters. The molecule has 6 heteroatoms. The quantitative estimate of drug-likeness (QED) is 0.183. The van der Waals surface area contributed by atoms with Gasteiger partial charge in [-0.15, -0.1) is 0 Å². The molecular weight excluding hydrogens is 586 g/mol. The Morgan fingerprint density at radius 1 is 0.964 bits per heavy atom. The summed E-state index contributed by atoms with van der Waals surface area (Å²) in [5.41, 5.74) is 2.61. The van der Waals surface area contributed by atoms with Crippen LogP contribution in [-0.4, -0.2) is 0 Å². The van der Waals surface area contributed by atoms with Crippen molar-refractivity contribution in [2.45, 2.75) is 6.61 Å². The van der Waals surface area contributed by atoms with E-state index in [0.717, 1.165) is 24.0 Å². The van der Waals surface area contributed by atoms with E-state index in [2.05, 4.69) is 51.3 Å². The average Bonchev–Trinajstić information content (AvgIpc) is 2.67. The summed E-state index contributed by atoms with van der Waals surface area (Å²) in [5.74, 6) is 0.0648. The van der Waals surface area contributed by atoms with Gasteiger partial charge in [0.05, 0.1) is 18.8 Å². The monoisotopic (exact) mass is 599 g/mol. The Morgan fingerprint density at radius 3 is 2.25 bits per heavy atom. The van der Waals surface area contributed by atoms with E-state index in [9.17, 15) is 14.0 Å². The summed E-state index contributed by atoms with van der Waals surface area (Å²) in [6.07, 6.45) is 1.73. The van der Waals surface area contributed by atoms with Crippen LogP contribution in [0.3, 0.4) is 0 Å². The van der Waals surface area contributed by atoms with Crippen LogP contribution in [0.15, 0.2) is 60.7 Å². The van der Waals surface area contributed by atoms with Crippen molar-refractivity contribution in [3.8, 4) is 11.8 Å². The summed E-state index contributed by atoms with van der Waals surface area (Å²) >= 11 is 4.35. The predicted octanol–water partition coefficient (Wildman–Crippen LogP) is 6.82. The van der Waals surface area contributed by atoms with Gasteiger partial charge in [0, 0.05) is 0 Å². The Bertz CT molecular complexity index is 1050. The van der Waals surface area contributed by atoms with Crippen LogP contribution in [0.25, 0.3) is 11.6 Å². The van der Waals surface area contributed by atoms with Crippen molar-refractivity contribution in [3.63, 3.8) is 0 Å². The van der Waals surface area contributed by atoms with E-state index in [1.165, 1.54) is 24.3 Å². The van der Waals surface area contributed by atoms with Crippen LogP contribution in [0.2, 0.25) is 0 Å². The minimum atomic E-state index is -0.382. The topological polar surface area (TPSA) is 33.0 Å². The van der Waals surface area contributed by atoms with Crippen molar-refractivity contribution in [1.29, 1.82) is 5.26 Å². The number of hydrogen-bond acceptors (Lipinski definition) is 2.